The fraction of sp³-hybridized carbons (Fsp3) is 0.111. The van der Waals surface area contributed by atoms with E-state index in [4.69, 9.17) is 0 Å². The number of hydrogen-bond acceptors (Lipinski definition) is 2. The summed E-state index contributed by atoms with van der Waals surface area (Å²) in [6.45, 7) is 14.0. The van der Waals surface area contributed by atoms with Crippen LogP contribution >= 0.6 is 11.3 Å². The van der Waals surface area contributed by atoms with E-state index in [-0.39, 0.29) is 10.8 Å². The molecule has 0 aliphatic rings. The molecule has 1 aromatic heterocycles. The average Bonchev–Trinajstić information content (AvgIpc) is 3.83. The number of anilines is 3. The van der Waals surface area contributed by atoms with Crippen molar-refractivity contribution in [1.29, 1.82) is 0 Å². The Hall–Kier alpha value is -8.30. The van der Waals surface area contributed by atoms with E-state index < -0.39 is 0 Å². The van der Waals surface area contributed by atoms with Gasteiger partial charge in [0.25, 0.3) is 0 Å². The molecule has 0 saturated carbocycles. The molecule has 12 aromatic rings. The first kappa shape index (κ1) is 46.8. The van der Waals surface area contributed by atoms with Crippen molar-refractivity contribution in [1.82, 2.24) is 0 Å². The summed E-state index contributed by atoms with van der Waals surface area (Å²) in [5, 5.41) is 5.08. The standard InChI is InChI=1S/C72H59NS/c1-71(2,3)55-43-54(44-56(47-55)72(4,5)6)61-31-18-25-51-26-19-33-63(69(51)61)62-29-13-15-34-66(62)73(58-28-17-27-53(45-58)60-32-20-36-68-70(60)64-30-14-16-35-67(64)74-68)57-40-37-48(38-41-57)52-39-42-59(49-21-9-7-10-22-49)65(46-52)50-23-11-8-12-24-50/h7-47H,1-6H3. The molecule has 0 atom stereocenters. The van der Waals surface area contributed by atoms with Crippen LogP contribution in [0, 0.1) is 0 Å². The Kier molecular flexibility index (Phi) is 12.0. The summed E-state index contributed by atoms with van der Waals surface area (Å²) in [7, 11) is 0. The Labute approximate surface area is 440 Å². The van der Waals surface area contributed by atoms with Crippen molar-refractivity contribution in [3.05, 3.63) is 260 Å². The van der Waals surface area contributed by atoms with Crippen LogP contribution < -0.4 is 4.90 Å². The van der Waals surface area contributed by atoms with Crippen LogP contribution in [0.1, 0.15) is 52.7 Å². The molecule has 0 aliphatic carbocycles. The molecule has 11 aromatic carbocycles. The van der Waals surface area contributed by atoms with Gasteiger partial charge in [0.15, 0.2) is 0 Å². The second kappa shape index (κ2) is 19.0. The van der Waals surface area contributed by atoms with E-state index >= 15 is 0 Å². The summed E-state index contributed by atoms with van der Waals surface area (Å²) < 4.78 is 2.61. The molecule has 74 heavy (non-hydrogen) atoms. The minimum absolute atomic E-state index is 0.0154. The third-order valence-corrected chi connectivity index (χ3v) is 15.9. The van der Waals surface area contributed by atoms with Crippen LogP contribution in [0.15, 0.2) is 249 Å². The Morgan fingerprint density at radius 3 is 1.54 bits per heavy atom. The second-order valence-electron chi connectivity index (χ2n) is 21.7. The van der Waals surface area contributed by atoms with Crippen molar-refractivity contribution < 1.29 is 0 Å². The largest absolute Gasteiger partial charge is 0.310 e. The number of nitrogens with zero attached hydrogens (tertiary/aromatic N) is 1. The van der Waals surface area contributed by atoms with Crippen molar-refractivity contribution in [3.63, 3.8) is 0 Å². The molecule has 1 nitrogen and oxygen atoms in total. The van der Waals surface area contributed by atoms with Crippen molar-refractivity contribution >= 4 is 59.3 Å². The molecule has 0 aliphatic heterocycles. The molecule has 0 saturated heterocycles. The molecular weight excluding hydrogens is 911 g/mol. The molecule has 1 heterocycles. The minimum atomic E-state index is -0.0154. The fourth-order valence-electron chi connectivity index (χ4n) is 10.9. The molecule has 12 rings (SSSR count). The van der Waals surface area contributed by atoms with Crippen molar-refractivity contribution in [3.8, 4) is 66.8 Å². The van der Waals surface area contributed by atoms with Crippen LogP contribution in [0.2, 0.25) is 0 Å². The van der Waals surface area contributed by atoms with Gasteiger partial charge in [-0.25, -0.2) is 0 Å². The van der Waals surface area contributed by atoms with Gasteiger partial charge >= 0.3 is 0 Å². The lowest BCUT2D eigenvalue weighted by molar-refractivity contribution is 0.569. The lowest BCUT2D eigenvalue weighted by atomic mass is 9.78. The number of thiophene rings is 1. The summed E-state index contributed by atoms with van der Waals surface area (Å²) in [5.41, 5.74) is 20.4. The van der Waals surface area contributed by atoms with Crippen LogP contribution in [-0.2, 0) is 10.8 Å². The summed E-state index contributed by atoms with van der Waals surface area (Å²) in [6.07, 6.45) is 0. The fourth-order valence-corrected chi connectivity index (χ4v) is 12.0. The van der Waals surface area contributed by atoms with Gasteiger partial charge in [0.05, 0.1) is 5.69 Å². The predicted molar refractivity (Wildman–Crippen MR) is 322 cm³/mol. The van der Waals surface area contributed by atoms with Crippen LogP contribution in [0.4, 0.5) is 17.1 Å². The highest BCUT2D eigenvalue weighted by Crippen LogP contribution is 2.48. The quantitative estimate of drug-likeness (QED) is 0.139. The van der Waals surface area contributed by atoms with E-state index in [1.807, 2.05) is 11.3 Å². The van der Waals surface area contributed by atoms with E-state index in [2.05, 4.69) is 295 Å². The molecule has 0 bridgehead atoms. The number of para-hydroxylation sites is 1. The Morgan fingerprint density at radius 2 is 0.838 bits per heavy atom. The van der Waals surface area contributed by atoms with Gasteiger partial charge in [-0.2, -0.15) is 0 Å². The monoisotopic (exact) mass is 969 g/mol. The third kappa shape index (κ3) is 8.80. The van der Waals surface area contributed by atoms with Gasteiger partial charge in [-0.15, -0.1) is 11.3 Å². The topological polar surface area (TPSA) is 3.24 Å². The summed E-state index contributed by atoms with van der Waals surface area (Å²) >= 11 is 1.87. The zero-order valence-corrected chi connectivity index (χ0v) is 43.8. The first-order valence-corrected chi connectivity index (χ1v) is 26.7. The molecule has 0 radical (unpaired) electrons. The molecule has 0 unspecified atom stereocenters. The van der Waals surface area contributed by atoms with Crippen LogP contribution in [0.25, 0.3) is 97.7 Å². The zero-order valence-electron chi connectivity index (χ0n) is 43.0. The molecular formula is C72H59NS. The first-order chi connectivity index (χ1) is 36.0. The van der Waals surface area contributed by atoms with E-state index in [0.717, 1.165) is 28.2 Å². The summed E-state index contributed by atoms with van der Waals surface area (Å²) in [6, 6.07) is 92.3. The van der Waals surface area contributed by atoms with Gasteiger partial charge in [0, 0.05) is 37.1 Å². The number of benzene rings is 11. The van der Waals surface area contributed by atoms with Gasteiger partial charge in [-0.05, 0) is 142 Å². The second-order valence-corrected chi connectivity index (χ2v) is 22.8. The highest BCUT2D eigenvalue weighted by atomic mass is 32.1. The van der Waals surface area contributed by atoms with Gasteiger partial charge in [0.1, 0.15) is 0 Å². The predicted octanol–water partition coefficient (Wildman–Crippen LogP) is 21.3. The van der Waals surface area contributed by atoms with E-state index in [0.29, 0.717) is 0 Å². The van der Waals surface area contributed by atoms with Crippen LogP contribution in [0.3, 0.4) is 0 Å². The molecule has 358 valence electrons. The Balaban J connectivity index is 1.05. The average molecular weight is 970 g/mol. The lowest BCUT2D eigenvalue weighted by Gasteiger charge is -2.29. The van der Waals surface area contributed by atoms with Gasteiger partial charge in [0.2, 0.25) is 0 Å². The van der Waals surface area contributed by atoms with Crippen molar-refractivity contribution in [2.75, 3.05) is 4.90 Å². The maximum Gasteiger partial charge on any atom is 0.0540 e. The summed E-state index contributed by atoms with van der Waals surface area (Å²) in [4.78, 5) is 2.47. The third-order valence-electron chi connectivity index (χ3n) is 14.8. The number of rotatable bonds is 9. The normalized spacial score (nSPS) is 11.9. The first-order valence-electron chi connectivity index (χ1n) is 25.9. The molecule has 2 heteroatoms. The summed E-state index contributed by atoms with van der Waals surface area (Å²) in [5.74, 6) is 0. The molecule has 0 fully saturated rings. The van der Waals surface area contributed by atoms with Gasteiger partial charge in [-0.1, -0.05) is 242 Å². The molecule has 0 spiro atoms. The van der Waals surface area contributed by atoms with E-state index in [9.17, 15) is 0 Å². The number of hydrogen-bond donors (Lipinski definition) is 0. The Morgan fingerprint density at radius 1 is 0.297 bits per heavy atom. The molecule has 0 amide bonds. The van der Waals surface area contributed by atoms with E-state index in [1.165, 1.54) is 97.7 Å². The van der Waals surface area contributed by atoms with Crippen molar-refractivity contribution in [2.24, 2.45) is 0 Å². The van der Waals surface area contributed by atoms with Gasteiger partial charge in [-0.3, -0.25) is 0 Å². The smallest absolute Gasteiger partial charge is 0.0540 e. The minimum Gasteiger partial charge on any atom is -0.310 e. The van der Waals surface area contributed by atoms with Crippen LogP contribution in [0.5, 0.6) is 0 Å². The maximum absolute atomic E-state index is 2.47. The Bertz CT molecular complexity index is 3980. The SMILES string of the molecule is CC(C)(C)c1cc(-c2cccc3cccc(-c4ccccc4N(c4ccc(-c5ccc(-c6ccccc6)c(-c6ccccc6)c5)cc4)c4cccc(-c5cccc6sc7ccccc7c56)c4)c23)cc(C(C)(C)C)c1. The highest BCUT2D eigenvalue weighted by Gasteiger charge is 2.24. The molecule has 0 N–H and O–H groups in total. The lowest BCUT2D eigenvalue weighted by Crippen LogP contribution is -2.16. The van der Waals surface area contributed by atoms with Crippen molar-refractivity contribution in [2.45, 2.75) is 52.4 Å². The zero-order chi connectivity index (χ0) is 50.6. The van der Waals surface area contributed by atoms with E-state index in [1.54, 1.807) is 0 Å². The maximum atomic E-state index is 2.47. The number of fused-ring (bicyclic) bond motifs is 4. The van der Waals surface area contributed by atoms with Gasteiger partial charge < -0.3 is 4.90 Å². The van der Waals surface area contributed by atoms with Crippen LogP contribution in [-0.4, -0.2) is 0 Å². The highest BCUT2D eigenvalue weighted by molar-refractivity contribution is 7.25.